The van der Waals surface area contributed by atoms with Gasteiger partial charge in [0.05, 0.1) is 19.9 Å². The standard InChI is InChI=1S/C14H16BrNO2S/c1-9-12(15)7-11(19-9)8-16-13-6-10(17-2)4-5-14(13)18-3/h4-7,16H,8H2,1-3H3. The first-order valence-corrected chi connectivity index (χ1v) is 7.45. The Labute approximate surface area is 125 Å². The van der Waals surface area contributed by atoms with Crippen molar-refractivity contribution in [3.05, 3.63) is 38.5 Å². The van der Waals surface area contributed by atoms with Crippen molar-refractivity contribution in [1.29, 1.82) is 0 Å². The summed E-state index contributed by atoms with van der Waals surface area (Å²) in [6.07, 6.45) is 0. The lowest BCUT2D eigenvalue weighted by Gasteiger charge is -2.11. The van der Waals surface area contributed by atoms with E-state index in [-0.39, 0.29) is 0 Å². The lowest BCUT2D eigenvalue weighted by molar-refractivity contribution is 0.404. The van der Waals surface area contributed by atoms with Crippen molar-refractivity contribution in [3.8, 4) is 11.5 Å². The Bertz CT molecular complexity index is 549. The summed E-state index contributed by atoms with van der Waals surface area (Å²) in [5, 5.41) is 3.38. The Kier molecular flexibility index (Phi) is 4.71. The molecule has 0 unspecified atom stereocenters. The van der Waals surface area contributed by atoms with E-state index in [1.54, 1.807) is 25.6 Å². The molecule has 0 radical (unpaired) electrons. The Hall–Kier alpha value is -1.20. The fourth-order valence-corrected chi connectivity index (χ4v) is 3.28. The number of ether oxygens (including phenoxy) is 2. The van der Waals surface area contributed by atoms with Crippen molar-refractivity contribution in [3.63, 3.8) is 0 Å². The first kappa shape index (κ1) is 14.2. The maximum atomic E-state index is 5.34. The summed E-state index contributed by atoms with van der Waals surface area (Å²) in [5.41, 5.74) is 0.934. The molecule has 0 bridgehead atoms. The molecule has 0 saturated heterocycles. The molecule has 0 atom stereocenters. The molecule has 1 N–H and O–H groups in total. The topological polar surface area (TPSA) is 30.5 Å². The van der Waals surface area contributed by atoms with Crippen molar-refractivity contribution in [2.24, 2.45) is 0 Å². The van der Waals surface area contributed by atoms with Crippen molar-refractivity contribution in [2.75, 3.05) is 19.5 Å². The normalized spacial score (nSPS) is 10.3. The zero-order chi connectivity index (χ0) is 13.8. The van der Waals surface area contributed by atoms with Crippen molar-refractivity contribution in [2.45, 2.75) is 13.5 Å². The minimum atomic E-state index is 0.765. The van der Waals surface area contributed by atoms with Crippen LogP contribution in [0.5, 0.6) is 11.5 Å². The Balaban J connectivity index is 2.13. The van der Waals surface area contributed by atoms with Crippen LogP contribution in [0.2, 0.25) is 0 Å². The monoisotopic (exact) mass is 341 g/mol. The Morgan fingerprint density at radius 1 is 1.21 bits per heavy atom. The van der Waals surface area contributed by atoms with Gasteiger partial charge in [-0.3, -0.25) is 0 Å². The third-order valence-corrected chi connectivity index (χ3v) is 4.90. The average Bonchev–Trinajstić information content (AvgIpc) is 2.75. The molecule has 1 aromatic heterocycles. The lowest BCUT2D eigenvalue weighted by atomic mass is 10.2. The number of rotatable bonds is 5. The SMILES string of the molecule is COc1ccc(OC)c(NCc2cc(Br)c(C)s2)c1. The Morgan fingerprint density at radius 3 is 2.58 bits per heavy atom. The number of hydrogen-bond donors (Lipinski definition) is 1. The van der Waals surface area contributed by atoms with Crippen molar-refractivity contribution >= 4 is 33.0 Å². The second-order valence-electron chi connectivity index (χ2n) is 4.04. The lowest BCUT2D eigenvalue weighted by Crippen LogP contribution is -2.00. The van der Waals surface area contributed by atoms with E-state index in [2.05, 4.69) is 34.2 Å². The smallest absolute Gasteiger partial charge is 0.142 e. The van der Waals surface area contributed by atoms with Gasteiger partial charge in [0.15, 0.2) is 0 Å². The highest BCUT2D eigenvalue weighted by Crippen LogP contribution is 2.31. The van der Waals surface area contributed by atoms with Gasteiger partial charge in [-0.25, -0.2) is 0 Å². The fourth-order valence-electron chi connectivity index (χ4n) is 1.74. The summed E-state index contributed by atoms with van der Waals surface area (Å²) >= 11 is 5.31. The maximum Gasteiger partial charge on any atom is 0.142 e. The van der Waals surface area contributed by atoms with Crippen LogP contribution in [0.1, 0.15) is 9.75 Å². The van der Waals surface area contributed by atoms with Gasteiger partial charge in [0.1, 0.15) is 11.5 Å². The molecule has 0 fully saturated rings. The molecule has 2 aromatic rings. The molecule has 2 rings (SSSR count). The highest BCUT2D eigenvalue weighted by molar-refractivity contribution is 9.10. The molecule has 0 aliphatic rings. The predicted octanol–water partition coefficient (Wildman–Crippen LogP) is 4.45. The van der Waals surface area contributed by atoms with E-state index in [9.17, 15) is 0 Å². The minimum absolute atomic E-state index is 0.765. The van der Waals surface area contributed by atoms with Crippen LogP contribution >= 0.6 is 27.3 Å². The van der Waals surface area contributed by atoms with Crippen LogP contribution in [0.15, 0.2) is 28.7 Å². The molecular weight excluding hydrogens is 326 g/mol. The second kappa shape index (κ2) is 6.30. The van der Waals surface area contributed by atoms with E-state index < -0.39 is 0 Å². The highest BCUT2D eigenvalue weighted by atomic mass is 79.9. The van der Waals surface area contributed by atoms with Gasteiger partial charge in [-0.2, -0.15) is 0 Å². The van der Waals surface area contributed by atoms with Gasteiger partial charge in [-0.05, 0) is 41.1 Å². The van der Waals surface area contributed by atoms with Crippen LogP contribution in [-0.2, 0) is 6.54 Å². The number of nitrogens with one attached hydrogen (secondary N) is 1. The minimum Gasteiger partial charge on any atom is -0.497 e. The number of thiophene rings is 1. The van der Waals surface area contributed by atoms with E-state index in [4.69, 9.17) is 9.47 Å². The molecular formula is C14H16BrNO2S. The van der Waals surface area contributed by atoms with Crippen LogP contribution in [0.3, 0.4) is 0 Å². The number of hydrogen-bond acceptors (Lipinski definition) is 4. The van der Waals surface area contributed by atoms with Gasteiger partial charge < -0.3 is 14.8 Å². The summed E-state index contributed by atoms with van der Waals surface area (Å²) in [6.45, 7) is 2.87. The fraction of sp³-hybridized carbons (Fsp3) is 0.286. The summed E-state index contributed by atoms with van der Waals surface area (Å²) in [7, 11) is 3.32. The first-order chi connectivity index (χ1) is 9.13. The summed E-state index contributed by atoms with van der Waals surface area (Å²) in [5.74, 6) is 1.62. The van der Waals surface area contributed by atoms with Crippen molar-refractivity contribution in [1.82, 2.24) is 0 Å². The molecule has 5 heteroatoms. The molecule has 0 aliphatic carbocycles. The zero-order valence-electron chi connectivity index (χ0n) is 11.1. The number of aryl methyl sites for hydroxylation is 1. The number of halogens is 1. The predicted molar refractivity (Wildman–Crippen MR) is 83.6 cm³/mol. The second-order valence-corrected chi connectivity index (χ2v) is 6.23. The summed E-state index contributed by atoms with van der Waals surface area (Å²) < 4.78 is 11.7. The molecule has 0 aliphatic heterocycles. The molecule has 1 aromatic carbocycles. The van der Waals surface area contributed by atoms with Gasteiger partial charge in [0, 0.05) is 26.8 Å². The zero-order valence-corrected chi connectivity index (χ0v) is 13.5. The third kappa shape index (κ3) is 3.42. The van der Waals surface area contributed by atoms with E-state index >= 15 is 0 Å². The highest BCUT2D eigenvalue weighted by Gasteiger charge is 2.07. The van der Waals surface area contributed by atoms with Gasteiger partial charge in [-0.15, -0.1) is 11.3 Å². The molecule has 102 valence electrons. The molecule has 19 heavy (non-hydrogen) atoms. The van der Waals surface area contributed by atoms with Crippen molar-refractivity contribution < 1.29 is 9.47 Å². The average molecular weight is 342 g/mol. The third-order valence-electron chi connectivity index (χ3n) is 2.77. The van der Waals surface area contributed by atoms with E-state index in [1.165, 1.54) is 9.75 Å². The number of anilines is 1. The van der Waals surface area contributed by atoms with Gasteiger partial charge in [0.2, 0.25) is 0 Å². The van der Waals surface area contributed by atoms with Gasteiger partial charge in [0.25, 0.3) is 0 Å². The van der Waals surface area contributed by atoms with E-state index in [1.807, 2.05) is 18.2 Å². The first-order valence-electron chi connectivity index (χ1n) is 5.84. The maximum absolute atomic E-state index is 5.34. The molecule has 0 saturated carbocycles. The van der Waals surface area contributed by atoms with E-state index in [0.717, 1.165) is 28.2 Å². The molecule has 3 nitrogen and oxygen atoms in total. The molecule has 1 heterocycles. The summed E-state index contributed by atoms with van der Waals surface area (Å²) in [4.78, 5) is 2.56. The molecule has 0 amide bonds. The quantitative estimate of drug-likeness (QED) is 0.871. The largest absolute Gasteiger partial charge is 0.497 e. The number of methoxy groups -OCH3 is 2. The van der Waals surface area contributed by atoms with E-state index in [0.29, 0.717) is 0 Å². The van der Waals surface area contributed by atoms with Crippen LogP contribution < -0.4 is 14.8 Å². The summed E-state index contributed by atoms with van der Waals surface area (Å²) in [6, 6.07) is 7.86. The number of benzene rings is 1. The van der Waals surface area contributed by atoms with Gasteiger partial charge >= 0.3 is 0 Å². The van der Waals surface area contributed by atoms with Crippen LogP contribution in [0.25, 0.3) is 0 Å². The van der Waals surface area contributed by atoms with Gasteiger partial charge in [-0.1, -0.05) is 0 Å². The Morgan fingerprint density at radius 2 is 2.00 bits per heavy atom. The molecule has 0 spiro atoms. The van der Waals surface area contributed by atoms with Crippen LogP contribution in [0, 0.1) is 6.92 Å². The van der Waals surface area contributed by atoms with Crippen LogP contribution in [-0.4, -0.2) is 14.2 Å². The van der Waals surface area contributed by atoms with Crippen LogP contribution in [0.4, 0.5) is 5.69 Å².